The Morgan fingerprint density at radius 2 is 1.84 bits per heavy atom. The molecule has 0 saturated heterocycles. The molecular formula is C29H28F5N3O6. The molecule has 1 aromatic carbocycles. The fourth-order valence-electron chi connectivity index (χ4n) is 5.96. The smallest absolute Gasteiger partial charge is 0.484 e. The van der Waals surface area contributed by atoms with Crippen LogP contribution in [0.4, 0.5) is 22.0 Å². The van der Waals surface area contributed by atoms with E-state index in [1.54, 1.807) is 6.92 Å². The van der Waals surface area contributed by atoms with Gasteiger partial charge in [0, 0.05) is 11.6 Å². The molecule has 230 valence electrons. The summed E-state index contributed by atoms with van der Waals surface area (Å²) >= 11 is 0. The average Bonchev–Trinajstić information content (AvgIpc) is 3.50. The van der Waals surface area contributed by atoms with Gasteiger partial charge in [-0.2, -0.15) is 18.3 Å². The van der Waals surface area contributed by atoms with Gasteiger partial charge in [-0.3, -0.25) is 9.78 Å². The SMILES string of the molecule is C[C@H](Oc1cncc(-n2nc(C(F)(F)F)c3c2[C@H](OC2CCC(C(=O)O)CC2)CCC3)c1)c1ccc2c(c1)OC(F)(F)O2. The largest absolute Gasteiger partial charge is 0.586 e. The molecule has 9 nitrogen and oxygen atoms in total. The Labute approximate surface area is 242 Å². The molecular weight excluding hydrogens is 581 g/mol. The van der Waals surface area contributed by atoms with Crippen molar-refractivity contribution in [1.29, 1.82) is 0 Å². The number of carboxylic acids is 1. The van der Waals surface area contributed by atoms with Crippen LogP contribution in [0, 0.1) is 5.92 Å². The van der Waals surface area contributed by atoms with Crippen molar-refractivity contribution < 1.29 is 50.8 Å². The fourth-order valence-corrected chi connectivity index (χ4v) is 5.96. The monoisotopic (exact) mass is 609 g/mol. The molecule has 2 aromatic heterocycles. The van der Waals surface area contributed by atoms with Gasteiger partial charge in [-0.15, -0.1) is 8.78 Å². The molecule has 6 rings (SSSR count). The Bertz CT molecular complexity index is 1520. The van der Waals surface area contributed by atoms with Gasteiger partial charge in [-0.05, 0) is 69.6 Å². The van der Waals surface area contributed by atoms with Gasteiger partial charge < -0.3 is 24.1 Å². The van der Waals surface area contributed by atoms with Crippen LogP contribution < -0.4 is 14.2 Å². The van der Waals surface area contributed by atoms with Gasteiger partial charge in [0.1, 0.15) is 18.0 Å². The number of aliphatic carboxylic acids is 1. The highest BCUT2D eigenvalue weighted by atomic mass is 19.4. The van der Waals surface area contributed by atoms with Gasteiger partial charge in [0.15, 0.2) is 17.2 Å². The van der Waals surface area contributed by atoms with Crippen LogP contribution in [0.25, 0.3) is 5.69 Å². The highest BCUT2D eigenvalue weighted by Gasteiger charge is 2.44. The van der Waals surface area contributed by atoms with Crippen molar-refractivity contribution in [2.75, 3.05) is 0 Å². The van der Waals surface area contributed by atoms with Crippen molar-refractivity contribution in [1.82, 2.24) is 14.8 Å². The number of hydrogen-bond donors (Lipinski definition) is 1. The zero-order valence-electron chi connectivity index (χ0n) is 22.9. The van der Waals surface area contributed by atoms with Crippen LogP contribution in [0.3, 0.4) is 0 Å². The number of ether oxygens (including phenoxy) is 4. The van der Waals surface area contributed by atoms with Gasteiger partial charge >= 0.3 is 18.4 Å². The number of aromatic nitrogens is 3. The summed E-state index contributed by atoms with van der Waals surface area (Å²) in [5, 5.41) is 13.3. The maximum absolute atomic E-state index is 14.1. The number of carbonyl (C=O) groups is 1. The van der Waals surface area contributed by atoms with E-state index in [0.717, 1.165) is 0 Å². The summed E-state index contributed by atoms with van der Waals surface area (Å²) in [5.74, 6) is -1.34. The molecule has 1 fully saturated rings. The third-order valence-electron chi connectivity index (χ3n) is 8.02. The summed E-state index contributed by atoms with van der Waals surface area (Å²) in [5.41, 5.74) is 0.101. The summed E-state index contributed by atoms with van der Waals surface area (Å²) in [6.07, 6.45) is -4.28. The molecule has 3 aromatic rings. The zero-order chi connectivity index (χ0) is 30.5. The minimum Gasteiger partial charge on any atom is -0.484 e. The molecule has 14 heteroatoms. The Balaban J connectivity index is 1.27. The second kappa shape index (κ2) is 11.0. The summed E-state index contributed by atoms with van der Waals surface area (Å²) in [6.45, 7) is 1.67. The summed E-state index contributed by atoms with van der Waals surface area (Å²) in [6, 6.07) is 5.74. The third kappa shape index (κ3) is 5.97. The summed E-state index contributed by atoms with van der Waals surface area (Å²) in [7, 11) is 0. The zero-order valence-corrected chi connectivity index (χ0v) is 22.9. The lowest BCUT2D eigenvalue weighted by molar-refractivity contribution is -0.286. The van der Waals surface area contributed by atoms with E-state index >= 15 is 0 Å². The first-order valence-corrected chi connectivity index (χ1v) is 14.0. The normalized spacial score (nSPS) is 23.4. The molecule has 1 aliphatic heterocycles. The molecule has 0 spiro atoms. The molecule has 2 aliphatic carbocycles. The van der Waals surface area contributed by atoms with Crippen LogP contribution in [0.15, 0.2) is 36.7 Å². The molecule has 0 amide bonds. The quantitative estimate of drug-likeness (QED) is 0.292. The van der Waals surface area contributed by atoms with Crippen molar-refractivity contribution >= 4 is 5.97 Å². The molecule has 1 saturated carbocycles. The number of pyridine rings is 1. The van der Waals surface area contributed by atoms with Crippen LogP contribution >= 0.6 is 0 Å². The lowest BCUT2D eigenvalue weighted by Crippen LogP contribution is -2.29. The molecule has 3 heterocycles. The predicted octanol–water partition coefficient (Wildman–Crippen LogP) is 6.79. The van der Waals surface area contributed by atoms with Gasteiger partial charge in [-0.1, -0.05) is 6.07 Å². The van der Waals surface area contributed by atoms with E-state index in [0.29, 0.717) is 49.8 Å². The first-order valence-electron chi connectivity index (χ1n) is 14.0. The van der Waals surface area contributed by atoms with E-state index in [1.165, 1.54) is 41.3 Å². The number of hydrogen-bond acceptors (Lipinski definition) is 7. The number of benzene rings is 1. The van der Waals surface area contributed by atoms with Crippen LogP contribution in [0.5, 0.6) is 17.2 Å². The summed E-state index contributed by atoms with van der Waals surface area (Å²) in [4.78, 5) is 15.5. The lowest BCUT2D eigenvalue weighted by atomic mass is 9.87. The van der Waals surface area contributed by atoms with Crippen molar-refractivity contribution in [3.8, 4) is 22.9 Å². The summed E-state index contributed by atoms with van der Waals surface area (Å²) < 4.78 is 91.6. The Kier molecular flexibility index (Phi) is 7.43. The molecule has 1 N–H and O–H groups in total. The Hall–Kier alpha value is -3.94. The Morgan fingerprint density at radius 3 is 2.56 bits per heavy atom. The van der Waals surface area contributed by atoms with Gasteiger partial charge in [0.25, 0.3) is 0 Å². The predicted molar refractivity (Wildman–Crippen MR) is 138 cm³/mol. The molecule has 43 heavy (non-hydrogen) atoms. The van der Waals surface area contributed by atoms with Crippen molar-refractivity contribution in [2.45, 2.75) is 82.7 Å². The molecule has 3 aliphatic rings. The first kappa shape index (κ1) is 29.1. The third-order valence-corrected chi connectivity index (χ3v) is 8.02. The van der Waals surface area contributed by atoms with Crippen LogP contribution in [0.1, 0.15) is 80.2 Å². The number of halogens is 5. The van der Waals surface area contributed by atoms with Gasteiger partial charge in [0.2, 0.25) is 0 Å². The number of rotatable bonds is 7. The van der Waals surface area contributed by atoms with Gasteiger partial charge in [-0.25, -0.2) is 4.68 Å². The van der Waals surface area contributed by atoms with Crippen LogP contribution in [-0.4, -0.2) is 38.2 Å². The number of fused-ring (bicyclic) bond motifs is 2. The second-order valence-electron chi connectivity index (χ2n) is 11.0. The lowest BCUT2D eigenvalue weighted by Gasteiger charge is -2.32. The minimum atomic E-state index is -4.69. The number of nitrogens with zero attached hydrogens (tertiary/aromatic N) is 3. The fraction of sp³-hybridized carbons (Fsp3) is 0.483. The van der Waals surface area contributed by atoms with E-state index < -0.39 is 42.3 Å². The van der Waals surface area contributed by atoms with Crippen molar-refractivity contribution in [3.63, 3.8) is 0 Å². The van der Waals surface area contributed by atoms with E-state index in [2.05, 4.69) is 19.6 Å². The minimum absolute atomic E-state index is 0.0693. The van der Waals surface area contributed by atoms with Crippen molar-refractivity contribution in [3.05, 3.63) is 59.2 Å². The van der Waals surface area contributed by atoms with E-state index in [4.69, 9.17) is 9.47 Å². The number of carboxylic acid groups (broad SMARTS) is 1. The van der Waals surface area contributed by atoms with Crippen LogP contribution in [-0.2, 0) is 22.1 Å². The van der Waals surface area contributed by atoms with E-state index in [1.807, 2.05) is 0 Å². The molecule has 0 bridgehead atoms. The second-order valence-corrected chi connectivity index (χ2v) is 11.0. The highest BCUT2D eigenvalue weighted by Crippen LogP contribution is 2.44. The van der Waals surface area contributed by atoms with E-state index in [-0.39, 0.29) is 41.0 Å². The molecule has 2 atom stereocenters. The molecule has 0 radical (unpaired) electrons. The standard InChI is InChI=1S/C29H28F5N3O6/c1-15(17-7-10-22-24(11-17)43-29(33,34)42-22)40-20-12-18(13-35-14-20)37-25-21(26(36-37)28(30,31)32)3-2-4-23(25)41-19-8-5-16(6-9-19)27(38)39/h7,10-16,19,23H,2-6,8-9H2,1H3,(H,38,39)/t15-,16?,19?,23+/m0/s1. The maximum atomic E-state index is 14.1. The molecule has 0 unspecified atom stereocenters. The van der Waals surface area contributed by atoms with Gasteiger partial charge in [0.05, 0.1) is 35.8 Å². The number of alkyl halides is 5. The Morgan fingerprint density at radius 1 is 1.09 bits per heavy atom. The first-order chi connectivity index (χ1) is 20.4. The van der Waals surface area contributed by atoms with Crippen LogP contribution in [0.2, 0.25) is 0 Å². The topological polar surface area (TPSA) is 105 Å². The maximum Gasteiger partial charge on any atom is 0.586 e. The highest BCUT2D eigenvalue weighted by molar-refractivity contribution is 5.70. The van der Waals surface area contributed by atoms with E-state index in [9.17, 15) is 31.9 Å². The average molecular weight is 610 g/mol. The van der Waals surface area contributed by atoms with Crippen molar-refractivity contribution in [2.24, 2.45) is 5.92 Å².